The normalized spacial score (nSPS) is 11.4. The van der Waals surface area contributed by atoms with Crippen molar-refractivity contribution in [3.63, 3.8) is 0 Å². The van der Waals surface area contributed by atoms with Gasteiger partial charge in [0, 0.05) is 0 Å². The fourth-order valence-electron chi connectivity index (χ4n) is 2.84. The number of carbonyl (C=O) groups excluding carboxylic acids is 2. The summed E-state index contributed by atoms with van der Waals surface area (Å²) in [5.74, 6) is -0.527. The molecule has 0 aromatic heterocycles. The van der Waals surface area contributed by atoms with Crippen molar-refractivity contribution in [2.24, 2.45) is 0 Å². The number of nitrogens with two attached hydrogens (primary N) is 1. The quantitative estimate of drug-likeness (QED) is 0.439. The minimum Gasteiger partial charge on any atom is -0.482 e. The van der Waals surface area contributed by atoms with Gasteiger partial charge in [0.2, 0.25) is 0 Å². The van der Waals surface area contributed by atoms with Crippen LogP contribution in [0.1, 0.15) is 34.5 Å². The Balaban J connectivity index is 1.55. The van der Waals surface area contributed by atoms with Gasteiger partial charge in [0.05, 0.1) is 17.3 Å². The molecule has 6 heteroatoms. The SMILES string of the molecule is CC(NC(=O)COc1cc(C(=O)OCc2ccccc2)ccc1N)c1ccccc1. The molecule has 0 aliphatic carbocycles. The highest BCUT2D eigenvalue weighted by molar-refractivity contribution is 5.90. The molecule has 3 aromatic rings. The van der Waals surface area contributed by atoms with E-state index in [1.54, 1.807) is 12.1 Å². The van der Waals surface area contributed by atoms with Crippen molar-refractivity contribution < 1.29 is 19.1 Å². The van der Waals surface area contributed by atoms with Crippen LogP contribution in [0.25, 0.3) is 0 Å². The number of hydrogen-bond donors (Lipinski definition) is 2. The topological polar surface area (TPSA) is 90.6 Å². The lowest BCUT2D eigenvalue weighted by Gasteiger charge is -2.15. The highest BCUT2D eigenvalue weighted by Gasteiger charge is 2.14. The van der Waals surface area contributed by atoms with Crippen LogP contribution in [0, 0.1) is 0 Å². The zero-order valence-electron chi connectivity index (χ0n) is 16.7. The maximum atomic E-state index is 12.3. The average Bonchev–Trinajstić information content (AvgIpc) is 2.78. The molecule has 0 radical (unpaired) electrons. The number of ether oxygens (including phenoxy) is 2. The Morgan fingerprint density at radius 3 is 2.33 bits per heavy atom. The molecule has 0 heterocycles. The molecule has 0 aliphatic heterocycles. The van der Waals surface area contributed by atoms with E-state index in [0.29, 0.717) is 11.3 Å². The number of esters is 1. The van der Waals surface area contributed by atoms with Crippen molar-refractivity contribution in [2.75, 3.05) is 12.3 Å². The van der Waals surface area contributed by atoms with E-state index >= 15 is 0 Å². The molecule has 0 fully saturated rings. The van der Waals surface area contributed by atoms with E-state index < -0.39 is 5.97 Å². The van der Waals surface area contributed by atoms with Gasteiger partial charge in [0.1, 0.15) is 12.4 Å². The minimum atomic E-state index is -0.495. The molecule has 3 rings (SSSR count). The monoisotopic (exact) mass is 404 g/mol. The van der Waals surface area contributed by atoms with Crippen LogP contribution >= 0.6 is 0 Å². The van der Waals surface area contributed by atoms with Crippen molar-refractivity contribution >= 4 is 17.6 Å². The van der Waals surface area contributed by atoms with Crippen molar-refractivity contribution in [1.29, 1.82) is 0 Å². The van der Waals surface area contributed by atoms with Gasteiger partial charge in [-0.05, 0) is 36.2 Å². The molecule has 154 valence electrons. The molecule has 3 N–H and O–H groups in total. The molecular formula is C24H24N2O4. The molecule has 6 nitrogen and oxygen atoms in total. The summed E-state index contributed by atoms with van der Waals surface area (Å²) >= 11 is 0. The lowest BCUT2D eigenvalue weighted by atomic mass is 10.1. The van der Waals surface area contributed by atoms with E-state index in [9.17, 15) is 9.59 Å². The Morgan fingerprint density at radius 1 is 0.967 bits per heavy atom. The zero-order chi connectivity index (χ0) is 21.3. The van der Waals surface area contributed by atoms with Gasteiger partial charge >= 0.3 is 5.97 Å². The number of benzene rings is 3. The van der Waals surface area contributed by atoms with Crippen molar-refractivity contribution in [1.82, 2.24) is 5.32 Å². The molecule has 0 spiro atoms. The van der Waals surface area contributed by atoms with Crippen LogP contribution in [0.5, 0.6) is 5.75 Å². The van der Waals surface area contributed by atoms with Gasteiger partial charge in [-0.2, -0.15) is 0 Å². The summed E-state index contributed by atoms with van der Waals surface area (Å²) in [5, 5.41) is 2.87. The van der Waals surface area contributed by atoms with Gasteiger partial charge in [-0.15, -0.1) is 0 Å². The summed E-state index contributed by atoms with van der Waals surface area (Å²) < 4.78 is 10.9. The summed E-state index contributed by atoms with van der Waals surface area (Å²) in [5.41, 5.74) is 8.44. The van der Waals surface area contributed by atoms with E-state index in [-0.39, 0.29) is 30.9 Å². The molecule has 0 saturated carbocycles. The van der Waals surface area contributed by atoms with E-state index in [2.05, 4.69) is 5.32 Å². The Labute approximate surface area is 175 Å². The average molecular weight is 404 g/mol. The largest absolute Gasteiger partial charge is 0.482 e. The molecule has 0 aliphatic rings. The highest BCUT2D eigenvalue weighted by atomic mass is 16.5. The second-order valence-electron chi connectivity index (χ2n) is 6.80. The molecule has 0 saturated heterocycles. The van der Waals surface area contributed by atoms with Gasteiger partial charge < -0.3 is 20.5 Å². The Hall–Kier alpha value is -3.80. The van der Waals surface area contributed by atoms with Crippen molar-refractivity contribution in [2.45, 2.75) is 19.6 Å². The van der Waals surface area contributed by atoms with Crippen LogP contribution < -0.4 is 15.8 Å². The van der Waals surface area contributed by atoms with E-state index in [1.807, 2.05) is 67.6 Å². The number of rotatable bonds is 8. The Bertz CT molecular complexity index is 991. The van der Waals surface area contributed by atoms with E-state index in [4.69, 9.17) is 15.2 Å². The number of anilines is 1. The lowest BCUT2D eigenvalue weighted by molar-refractivity contribution is -0.123. The molecule has 30 heavy (non-hydrogen) atoms. The van der Waals surface area contributed by atoms with Gasteiger partial charge in [-0.3, -0.25) is 4.79 Å². The van der Waals surface area contributed by atoms with Crippen molar-refractivity contribution in [3.8, 4) is 5.75 Å². The summed E-state index contributed by atoms with van der Waals surface area (Å²) in [6.07, 6.45) is 0. The van der Waals surface area contributed by atoms with E-state index in [0.717, 1.165) is 11.1 Å². The number of hydrogen-bond acceptors (Lipinski definition) is 5. The van der Waals surface area contributed by atoms with Gasteiger partial charge in [0.25, 0.3) is 5.91 Å². The predicted octanol–water partition coefficient (Wildman–Crippen LogP) is 3.88. The number of nitrogen functional groups attached to an aromatic ring is 1. The third-order valence-electron chi connectivity index (χ3n) is 4.50. The molecule has 1 atom stereocenters. The van der Waals surface area contributed by atoms with Crippen molar-refractivity contribution in [3.05, 3.63) is 95.6 Å². The maximum Gasteiger partial charge on any atom is 0.338 e. The minimum absolute atomic E-state index is 0.154. The summed E-state index contributed by atoms with van der Waals surface area (Å²) in [7, 11) is 0. The van der Waals surface area contributed by atoms with Gasteiger partial charge in [-0.25, -0.2) is 4.79 Å². The van der Waals surface area contributed by atoms with Crippen LogP contribution in [-0.4, -0.2) is 18.5 Å². The van der Waals surface area contributed by atoms with E-state index in [1.165, 1.54) is 6.07 Å². The van der Waals surface area contributed by atoms with Crippen LogP contribution in [0.4, 0.5) is 5.69 Å². The zero-order valence-corrected chi connectivity index (χ0v) is 16.7. The van der Waals surface area contributed by atoms with Gasteiger partial charge in [-0.1, -0.05) is 60.7 Å². The first-order valence-corrected chi connectivity index (χ1v) is 9.60. The second-order valence-corrected chi connectivity index (χ2v) is 6.80. The fourth-order valence-corrected chi connectivity index (χ4v) is 2.84. The summed E-state index contributed by atoms with van der Waals surface area (Å²) in [6.45, 7) is 1.84. The number of nitrogens with one attached hydrogen (secondary N) is 1. The number of carbonyl (C=O) groups is 2. The third-order valence-corrected chi connectivity index (χ3v) is 4.50. The van der Waals surface area contributed by atoms with Crippen LogP contribution in [-0.2, 0) is 16.1 Å². The second kappa shape index (κ2) is 10.1. The number of amides is 1. The smallest absolute Gasteiger partial charge is 0.338 e. The molecular weight excluding hydrogens is 380 g/mol. The predicted molar refractivity (Wildman–Crippen MR) is 115 cm³/mol. The fraction of sp³-hybridized carbons (Fsp3) is 0.167. The summed E-state index contributed by atoms with van der Waals surface area (Å²) in [4.78, 5) is 24.5. The Kier molecular flexibility index (Phi) is 7.05. The van der Waals surface area contributed by atoms with Crippen LogP contribution in [0.15, 0.2) is 78.9 Å². The third kappa shape index (κ3) is 5.85. The lowest BCUT2D eigenvalue weighted by Crippen LogP contribution is -2.31. The standard InChI is InChI=1S/C24H24N2O4/c1-17(19-10-6-3-7-11-19)26-23(27)16-29-22-14-20(12-13-21(22)25)24(28)30-15-18-8-4-2-5-9-18/h2-14,17H,15-16,25H2,1H3,(H,26,27). The first-order valence-electron chi connectivity index (χ1n) is 9.60. The summed E-state index contributed by atoms with van der Waals surface area (Å²) in [6, 6.07) is 23.5. The van der Waals surface area contributed by atoms with Crippen LogP contribution in [0.3, 0.4) is 0 Å². The Morgan fingerprint density at radius 2 is 1.63 bits per heavy atom. The molecule has 0 bridgehead atoms. The molecule has 3 aromatic carbocycles. The highest BCUT2D eigenvalue weighted by Crippen LogP contribution is 2.23. The molecule has 1 amide bonds. The first-order chi connectivity index (χ1) is 14.5. The first kappa shape index (κ1) is 20.9. The molecule has 1 unspecified atom stereocenters. The maximum absolute atomic E-state index is 12.3. The van der Waals surface area contributed by atoms with Gasteiger partial charge in [0.15, 0.2) is 6.61 Å². The van der Waals surface area contributed by atoms with Crippen LogP contribution in [0.2, 0.25) is 0 Å².